The third-order valence-corrected chi connectivity index (χ3v) is 3.08. The summed E-state index contributed by atoms with van der Waals surface area (Å²) in [5.74, 6) is 1.02. The van der Waals surface area contributed by atoms with Gasteiger partial charge in [-0.2, -0.15) is 0 Å². The molecule has 0 aliphatic carbocycles. The van der Waals surface area contributed by atoms with Crippen LogP contribution in [0.25, 0.3) is 0 Å². The molecule has 0 heterocycles. The number of halogens is 1. The van der Waals surface area contributed by atoms with E-state index in [1.165, 1.54) is 12.1 Å². The van der Waals surface area contributed by atoms with Crippen LogP contribution in [-0.4, -0.2) is 10.0 Å². The zero-order chi connectivity index (χ0) is 14.7. The van der Waals surface area contributed by atoms with Crippen molar-refractivity contribution in [2.24, 2.45) is 0 Å². The standard InChI is InChI=1S/C14H12ClNO4/c1-9-6-13(16(18)19)12(15)7-14(9)20-11-4-2-10(8-17)3-5-11/h2-7,17H,8H2,1H3. The molecule has 2 aromatic rings. The predicted octanol–water partition coefficient (Wildman–Crippen LogP) is 3.84. The third-order valence-electron chi connectivity index (χ3n) is 2.77. The highest BCUT2D eigenvalue weighted by Crippen LogP contribution is 2.34. The van der Waals surface area contributed by atoms with E-state index < -0.39 is 4.92 Å². The van der Waals surface area contributed by atoms with E-state index in [0.29, 0.717) is 17.1 Å². The Morgan fingerprint density at radius 2 is 1.95 bits per heavy atom. The lowest BCUT2D eigenvalue weighted by molar-refractivity contribution is -0.384. The molecule has 0 fully saturated rings. The summed E-state index contributed by atoms with van der Waals surface area (Å²) >= 11 is 5.86. The maximum absolute atomic E-state index is 10.8. The van der Waals surface area contributed by atoms with Gasteiger partial charge in [0.25, 0.3) is 5.69 Å². The highest BCUT2D eigenvalue weighted by Gasteiger charge is 2.16. The van der Waals surface area contributed by atoms with Crippen LogP contribution in [-0.2, 0) is 6.61 Å². The van der Waals surface area contributed by atoms with Crippen molar-refractivity contribution in [3.8, 4) is 11.5 Å². The Morgan fingerprint density at radius 1 is 1.30 bits per heavy atom. The Morgan fingerprint density at radius 3 is 2.50 bits per heavy atom. The maximum atomic E-state index is 10.8. The Kier molecular flexibility index (Phi) is 4.22. The van der Waals surface area contributed by atoms with Crippen LogP contribution in [0.5, 0.6) is 11.5 Å². The van der Waals surface area contributed by atoms with Gasteiger partial charge in [0.05, 0.1) is 11.5 Å². The summed E-state index contributed by atoms with van der Waals surface area (Å²) in [5, 5.41) is 19.8. The molecule has 0 saturated carbocycles. The molecule has 0 unspecified atom stereocenters. The van der Waals surface area contributed by atoms with Crippen molar-refractivity contribution in [2.45, 2.75) is 13.5 Å². The lowest BCUT2D eigenvalue weighted by atomic mass is 10.2. The molecule has 0 saturated heterocycles. The number of aryl methyl sites for hydroxylation is 1. The van der Waals surface area contributed by atoms with Crippen LogP contribution < -0.4 is 4.74 Å². The molecule has 1 N–H and O–H groups in total. The van der Waals surface area contributed by atoms with E-state index in [0.717, 1.165) is 5.56 Å². The summed E-state index contributed by atoms with van der Waals surface area (Å²) in [6.07, 6.45) is 0. The molecular formula is C14H12ClNO4. The zero-order valence-electron chi connectivity index (χ0n) is 10.7. The van der Waals surface area contributed by atoms with Crippen LogP contribution in [0.1, 0.15) is 11.1 Å². The topological polar surface area (TPSA) is 72.6 Å². The van der Waals surface area contributed by atoms with Gasteiger partial charge in [0.15, 0.2) is 0 Å². The molecule has 0 atom stereocenters. The first-order valence-electron chi connectivity index (χ1n) is 5.83. The summed E-state index contributed by atoms with van der Waals surface area (Å²) in [7, 11) is 0. The number of ether oxygens (including phenoxy) is 1. The van der Waals surface area contributed by atoms with Crippen molar-refractivity contribution in [3.05, 3.63) is 62.7 Å². The van der Waals surface area contributed by atoms with Crippen LogP contribution in [0.2, 0.25) is 5.02 Å². The van der Waals surface area contributed by atoms with E-state index in [2.05, 4.69) is 0 Å². The number of nitro benzene ring substituents is 1. The highest BCUT2D eigenvalue weighted by molar-refractivity contribution is 6.32. The quantitative estimate of drug-likeness (QED) is 0.686. The summed E-state index contributed by atoms with van der Waals surface area (Å²) in [5.41, 5.74) is 1.25. The molecule has 2 rings (SSSR count). The van der Waals surface area contributed by atoms with Crippen molar-refractivity contribution in [1.29, 1.82) is 0 Å². The fourth-order valence-corrected chi connectivity index (χ4v) is 1.91. The molecule has 0 bridgehead atoms. The summed E-state index contributed by atoms with van der Waals surface area (Å²) in [4.78, 5) is 10.2. The number of aliphatic hydroxyl groups is 1. The van der Waals surface area contributed by atoms with Gasteiger partial charge in [-0.3, -0.25) is 10.1 Å². The molecule has 0 spiro atoms. The summed E-state index contributed by atoms with van der Waals surface area (Å²) in [6.45, 7) is 1.67. The Labute approximate surface area is 120 Å². The van der Waals surface area contributed by atoms with Crippen LogP contribution in [0.4, 0.5) is 5.69 Å². The van der Waals surface area contributed by atoms with Gasteiger partial charge in [0.2, 0.25) is 0 Å². The number of benzene rings is 2. The highest BCUT2D eigenvalue weighted by atomic mass is 35.5. The van der Waals surface area contributed by atoms with Gasteiger partial charge < -0.3 is 9.84 Å². The maximum Gasteiger partial charge on any atom is 0.288 e. The average Bonchev–Trinajstić information content (AvgIpc) is 2.43. The van der Waals surface area contributed by atoms with Gasteiger partial charge in [0, 0.05) is 12.1 Å². The van der Waals surface area contributed by atoms with Crippen LogP contribution in [0.15, 0.2) is 36.4 Å². The largest absolute Gasteiger partial charge is 0.457 e. The van der Waals surface area contributed by atoms with Gasteiger partial charge in [0.1, 0.15) is 16.5 Å². The van der Waals surface area contributed by atoms with E-state index in [1.807, 2.05) is 0 Å². The monoisotopic (exact) mass is 293 g/mol. The van der Waals surface area contributed by atoms with Gasteiger partial charge in [-0.05, 0) is 30.2 Å². The molecule has 0 radical (unpaired) electrons. The Balaban J connectivity index is 2.29. The number of hydrogen-bond donors (Lipinski definition) is 1. The van der Waals surface area contributed by atoms with E-state index >= 15 is 0 Å². The molecule has 20 heavy (non-hydrogen) atoms. The first-order valence-corrected chi connectivity index (χ1v) is 6.21. The Bertz CT molecular complexity index is 640. The number of rotatable bonds is 4. The van der Waals surface area contributed by atoms with Crippen molar-refractivity contribution in [2.75, 3.05) is 0 Å². The SMILES string of the molecule is Cc1cc([N+](=O)[O-])c(Cl)cc1Oc1ccc(CO)cc1. The molecule has 5 nitrogen and oxygen atoms in total. The number of aliphatic hydroxyl groups excluding tert-OH is 1. The van der Waals surface area contributed by atoms with Crippen molar-refractivity contribution in [1.82, 2.24) is 0 Å². The number of nitro groups is 1. The summed E-state index contributed by atoms with van der Waals surface area (Å²) < 4.78 is 5.64. The van der Waals surface area contributed by atoms with Crippen LogP contribution >= 0.6 is 11.6 Å². The van der Waals surface area contributed by atoms with Crippen LogP contribution in [0, 0.1) is 17.0 Å². The average molecular weight is 294 g/mol. The predicted molar refractivity (Wildman–Crippen MR) is 75.3 cm³/mol. The summed E-state index contributed by atoms with van der Waals surface area (Å²) in [6, 6.07) is 9.69. The number of nitrogens with zero attached hydrogens (tertiary/aromatic N) is 1. The molecule has 0 amide bonds. The minimum Gasteiger partial charge on any atom is -0.457 e. The van der Waals surface area contributed by atoms with Crippen LogP contribution in [0.3, 0.4) is 0 Å². The third kappa shape index (κ3) is 3.07. The Hall–Kier alpha value is -2.11. The molecule has 0 aliphatic rings. The first kappa shape index (κ1) is 14.3. The fraction of sp³-hybridized carbons (Fsp3) is 0.143. The molecule has 104 valence electrons. The normalized spacial score (nSPS) is 10.3. The molecule has 0 aliphatic heterocycles. The van der Waals surface area contributed by atoms with Crippen molar-refractivity contribution < 1.29 is 14.8 Å². The van der Waals surface area contributed by atoms with E-state index in [-0.39, 0.29) is 17.3 Å². The van der Waals surface area contributed by atoms with E-state index in [4.69, 9.17) is 21.4 Å². The van der Waals surface area contributed by atoms with Gasteiger partial charge in [-0.25, -0.2) is 0 Å². The van der Waals surface area contributed by atoms with Gasteiger partial charge in [-0.15, -0.1) is 0 Å². The lowest BCUT2D eigenvalue weighted by Gasteiger charge is -2.09. The van der Waals surface area contributed by atoms with Gasteiger partial charge >= 0.3 is 0 Å². The molecule has 2 aromatic carbocycles. The molecule has 0 aromatic heterocycles. The smallest absolute Gasteiger partial charge is 0.288 e. The van der Waals surface area contributed by atoms with Crippen molar-refractivity contribution >= 4 is 17.3 Å². The molecule has 6 heteroatoms. The number of hydrogen-bond acceptors (Lipinski definition) is 4. The first-order chi connectivity index (χ1) is 9.51. The fourth-order valence-electron chi connectivity index (χ4n) is 1.69. The zero-order valence-corrected chi connectivity index (χ0v) is 11.4. The minimum atomic E-state index is -0.533. The second kappa shape index (κ2) is 5.90. The van der Waals surface area contributed by atoms with Gasteiger partial charge in [-0.1, -0.05) is 23.7 Å². The lowest BCUT2D eigenvalue weighted by Crippen LogP contribution is -1.93. The van der Waals surface area contributed by atoms with E-state index in [1.54, 1.807) is 31.2 Å². The second-order valence-corrected chi connectivity index (χ2v) is 4.64. The van der Waals surface area contributed by atoms with Crippen molar-refractivity contribution in [3.63, 3.8) is 0 Å². The van der Waals surface area contributed by atoms with E-state index in [9.17, 15) is 10.1 Å². The molecular weight excluding hydrogens is 282 g/mol. The minimum absolute atomic E-state index is 0.0302. The second-order valence-electron chi connectivity index (χ2n) is 4.23.